The molecule has 0 saturated heterocycles. The monoisotopic (exact) mass is 469 g/mol. The van der Waals surface area contributed by atoms with Crippen molar-refractivity contribution in [2.24, 2.45) is 11.8 Å². The lowest BCUT2D eigenvalue weighted by molar-refractivity contribution is -0.149. The summed E-state index contributed by atoms with van der Waals surface area (Å²) in [5.41, 5.74) is 0.703. The predicted octanol–water partition coefficient (Wildman–Crippen LogP) is 5.03. The first-order valence-corrected chi connectivity index (χ1v) is 12.6. The van der Waals surface area contributed by atoms with E-state index in [2.05, 4.69) is 16.0 Å². The van der Waals surface area contributed by atoms with Gasteiger partial charge in [0.2, 0.25) is 0 Å². The number of hydrogen-bond acceptors (Lipinski definition) is 6. The maximum Gasteiger partial charge on any atom is 0.362 e. The second-order valence-corrected chi connectivity index (χ2v) is 9.42. The minimum Gasteiger partial charge on any atom is -0.466 e. The molecule has 0 aliphatic heterocycles. The Kier molecular flexibility index (Phi) is 8.08. The summed E-state index contributed by atoms with van der Waals surface area (Å²) in [6, 6.07) is 7.21. The molecule has 8 heteroatoms. The lowest BCUT2D eigenvalue weighted by atomic mass is 9.82. The summed E-state index contributed by atoms with van der Waals surface area (Å²) in [7, 11) is 0. The van der Waals surface area contributed by atoms with Gasteiger partial charge in [-0.15, -0.1) is 0 Å². The van der Waals surface area contributed by atoms with Crippen LogP contribution in [0.25, 0.3) is 11.0 Å². The average Bonchev–Trinajstić information content (AvgIpc) is 2.86. The number of nitrogens with one attached hydrogen (secondary N) is 3. The van der Waals surface area contributed by atoms with Crippen molar-refractivity contribution in [2.75, 3.05) is 23.8 Å². The molecule has 2 aliphatic carbocycles. The molecule has 184 valence electrons. The number of urea groups is 1. The predicted molar refractivity (Wildman–Crippen MR) is 132 cm³/mol. The number of carbonyl (C=O) groups excluding carboxylic acids is 2. The van der Waals surface area contributed by atoms with E-state index in [1.165, 1.54) is 6.42 Å². The Morgan fingerprint density at radius 1 is 1.00 bits per heavy atom. The molecule has 8 nitrogen and oxygen atoms in total. The number of rotatable bonds is 7. The molecule has 0 radical (unpaired) electrons. The van der Waals surface area contributed by atoms with Gasteiger partial charge in [0.15, 0.2) is 5.69 Å². The van der Waals surface area contributed by atoms with E-state index in [4.69, 9.17) is 9.15 Å². The van der Waals surface area contributed by atoms with E-state index in [1.54, 1.807) is 6.07 Å². The van der Waals surface area contributed by atoms with Crippen LogP contribution in [0.15, 0.2) is 33.5 Å². The number of fused-ring (bicyclic) bond motifs is 1. The molecule has 2 fully saturated rings. The Bertz CT molecular complexity index is 1050. The van der Waals surface area contributed by atoms with E-state index >= 15 is 0 Å². The largest absolute Gasteiger partial charge is 0.466 e. The molecule has 3 N–H and O–H groups in total. The molecule has 2 amide bonds. The maximum absolute atomic E-state index is 12.8. The molecule has 0 spiro atoms. The highest BCUT2D eigenvalue weighted by molar-refractivity contribution is 6.01. The molecular formula is C26H35N3O5. The molecule has 2 aromatic rings. The Morgan fingerprint density at radius 2 is 1.74 bits per heavy atom. The normalized spacial score (nSPS) is 21.1. The molecule has 4 rings (SSSR count). The minimum absolute atomic E-state index is 0.0410. The van der Waals surface area contributed by atoms with E-state index < -0.39 is 11.7 Å². The lowest BCUT2D eigenvalue weighted by Crippen LogP contribution is -2.36. The van der Waals surface area contributed by atoms with Gasteiger partial charge >= 0.3 is 17.6 Å². The molecule has 0 unspecified atom stereocenters. The topological polar surface area (TPSA) is 110 Å². The van der Waals surface area contributed by atoms with Gasteiger partial charge in [0.05, 0.1) is 18.2 Å². The third-order valence-corrected chi connectivity index (χ3v) is 7.02. The Morgan fingerprint density at radius 3 is 2.47 bits per heavy atom. The van der Waals surface area contributed by atoms with Gasteiger partial charge in [-0.1, -0.05) is 31.4 Å². The highest BCUT2D eigenvalue weighted by Crippen LogP contribution is 2.32. The standard InChI is InChI=1S/C26H35N3O5/c1-2-33-24(30)18-14-12-17(13-15-18)16-27-26(32)29-23-22(28-19-8-4-3-5-9-19)20-10-6-7-11-21(20)34-25(23)31/h6-7,10-11,17-19,28H,2-5,8-9,12-16H2,1H3,(H2,27,29,32). The molecule has 0 bridgehead atoms. The number of anilines is 2. The fourth-order valence-electron chi connectivity index (χ4n) is 5.12. The molecular weight excluding hydrogens is 434 g/mol. The minimum atomic E-state index is -0.567. The lowest BCUT2D eigenvalue weighted by Gasteiger charge is -2.27. The van der Waals surface area contributed by atoms with Crippen LogP contribution >= 0.6 is 0 Å². The van der Waals surface area contributed by atoms with Crippen LogP contribution in [-0.2, 0) is 9.53 Å². The van der Waals surface area contributed by atoms with Gasteiger partial charge < -0.3 is 19.8 Å². The third-order valence-electron chi connectivity index (χ3n) is 7.02. The zero-order valence-corrected chi connectivity index (χ0v) is 19.9. The van der Waals surface area contributed by atoms with Crippen LogP contribution in [0.5, 0.6) is 0 Å². The number of amides is 2. The van der Waals surface area contributed by atoms with E-state index in [1.807, 2.05) is 25.1 Å². The number of esters is 1. The number of ether oxygens (including phenoxy) is 1. The number of benzene rings is 1. The summed E-state index contributed by atoms with van der Waals surface area (Å²) in [6.07, 6.45) is 8.87. The number of carbonyl (C=O) groups is 2. The molecule has 2 aliphatic rings. The van der Waals surface area contributed by atoms with Crippen molar-refractivity contribution in [3.8, 4) is 0 Å². The van der Waals surface area contributed by atoms with Gasteiger partial charge in [-0.2, -0.15) is 0 Å². The zero-order valence-electron chi connectivity index (χ0n) is 19.9. The average molecular weight is 470 g/mol. The van der Waals surface area contributed by atoms with Crippen LogP contribution in [-0.4, -0.2) is 31.2 Å². The highest BCUT2D eigenvalue weighted by atomic mass is 16.5. The first kappa shape index (κ1) is 24.1. The van der Waals surface area contributed by atoms with E-state index in [0.717, 1.165) is 56.8 Å². The van der Waals surface area contributed by atoms with Gasteiger partial charge in [-0.05, 0) is 63.5 Å². The second kappa shape index (κ2) is 11.4. The zero-order chi connectivity index (χ0) is 23.9. The van der Waals surface area contributed by atoms with Gasteiger partial charge in [0.1, 0.15) is 5.58 Å². The first-order valence-electron chi connectivity index (χ1n) is 12.6. The van der Waals surface area contributed by atoms with E-state index in [9.17, 15) is 14.4 Å². The van der Waals surface area contributed by atoms with E-state index in [0.29, 0.717) is 30.3 Å². The molecule has 1 aromatic carbocycles. The quantitative estimate of drug-likeness (QED) is 0.388. The Labute approximate surface area is 199 Å². The Balaban J connectivity index is 1.41. The summed E-state index contributed by atoms with van der Waals surface area (Å²) in [4.78, 5) is 37.5. The van der Waals surface area contributed by atoms with Gasteiger partial charge in [0.25, 0.3) is 0 Å². The van der Waals surface area contributed by atoms with Crippen molar-refractivity contribution in [1.29, 1.82) is 0 Å². The third kappa shape index (κ3) is 5.90. The summed E-state index contributed by atoms with van der Waals surface area (Å²) in [5, 5.41) is 9.95. The summed E-state index contributed by atoms with van der Waals surface area (Å²) >= 11 is 0. The number of para-hydroxylation sites is 1. The van der Waals surface area contributed by atoms with Crippen LogP contribution in [0, 0.1) is 11.8 Å². The van der Waals surface area contributed by atoms with Crippen LogP contribution in [0.4, 0.5) is 16.2 Å². The Hall–Kier alpha value is -3.03. The van der Waals surface area contributed by atoms with Crippen LogP contribution in [0.2, 0.25) is 0 Å². The van der Waals surface area contributed by atoms with Crippen molar-refractivity contribution in [3.05, 3.63) is 34.7 Å². The van der Waals surface area contributed by atoms with Crippen molar-refractivity contribution >= 4 is 34.3 Å². The van der Waals surface area contributed by atoms with Crippen molar-refractivity contribution in [1.82, 2.24) is 5.32 Å². The van der Waals surface area contributed by atoms with Crippen LogP contribution in [0.3, 0.4) is 0 Å². The van der Waals surface area contributed by atoms with Gasteiger partial charge in [0, 0.05) is 18.0 Å². The van der Waals surface area contributed by atoms with Gasteiger partial charge in [-0.3, -0.25) is 10.1 Å². The highest BCUT2D eigenvalue weighted by Gasteiger charge is 2.27. The first-order chi connectivity index (χ1) is 16.5. The molecule has 34 heavy (non-hydrogen) atoms. The van der Waals surface area contributed by atoms with E-state index in [-0.39, 0.29) is 23.6 Å². The second-order valence-electron chi connectivity index (χ2n) is 9.42. The molecule has 0 atom stereocenters. The van der Waals surface area contributed by atoms with Gasteiger partial charge in [-0.25, -0.2) is 9.59 Å². The molecule has 2 saturated carbocycles. The molecule has 1 heterocycles. The summed E-state index contributed by atoms with van der Waals surface area (Å²) < 4.78 is 10.6. The van der Waals surface area contributed by atoms with Crippen molar-refractivity contribution in [2.45, 2.75) is 70.8 Å². The summed E-state index contributed by atoms with van der Waals surface area (Å²) in [6.45, 7) is 2.71. The van der Waals surface area contributed by atoms with Crippen LogP contribution in [0.1, 0.15) is 64.7 Å². The number of hydrogen-bond donors (Lipinski definition) is 3. The summed E-state index contributed by atoms with van der Waals surface area (Å²) in [5.74, 6) is 0.137. The SMILES string of the molecule is CCOC(=O)C1CCC(CNC(=O)Nc2c(NC3CCCCC3)c3ccccc3oc2=O)CC1. The maximum atomic E-state index is 12.8. The molecule has 1 aromatic heterocycles. The fraction of sp³-hybridized carbons (Fsp3) is 0.577. The van der Waals surface area contributed by atoms with Crippen LogP contribution < -0.4 is 21.6 Å². The van der Waals surface area contributed by atoms with Crippen molar-refractivity contribution in [3.63, 3.8) is 0 Å². The fourth-order valence-corrected chi connectivity index (χ4v) is 5.12. The van der Waals surface area contributed by atoms with Crippen molar-refractivity contribution < 1.29 is 18.7 Å². The smallest absolute Gasteiger partial charge is 0.362 e.